The number of hydrogen-bond acceptors (Lipinski definition) is 3. The van der Waals surface area contributed by atoms with Crippen LogP contribution in [0.25, 0.3) is 0 Å². The molecule has 0 spiro atoms. The normalized spacial score (nSPS) is 22.9. The highest BCUT2D eigenvalue weighted by Crippen LogP contribution is 2.23. The van der Waals surface area contributed by atoms with Gasteiger partial charge in [-0.2, -0.15) is 0 Å². The lowest BCUT2D eigenvalue weighted by Crippen LogP contribution is -2.62. The standard InChI is InChI=1S/C12H22N2O3S/c1-5-18(17)7-6-14-8-9(15)13-10(11(14)16)12(2,3)4/h10H,5-8H2,1-4H3,(H,13,15). The number of hydrogen-bond donors (Lipinski definition) is 1. The Hall–Kier alpha value is -0.910. The first-order valence-corrected chi connectivity index (χ1v) is 7.67. The summed E-state index contributed by atoms with van der Waals surface area (Å²) >= 11 is 0. The summed E-state index contributed by atoms with van der Waals surface area (Å²) in [5.41, 5.74) is -0.310. The Balaban J connectivity index is 2.71. The maximum atomic E-state index is 12.2. The van der Waals surface area contributed by atoms with E-state index < -0.39 is 16.8 Å². The fourth-order valence-electron chi connectivity index (χ4n) is 1.83. The van der Waals surface area contributed by atoms with Crippen LogP contribution in [0.5, 0.6) is 0 Å². The van der Waals surface area contributed by atoms with Crippen LogP contribution in [-0.2, 0) is 20.4 Å². The van der Waals surface area contributed by atoms with Gasteiger partial charge in [0.1, 0.15) is 6.04 Å². The number of nitrogens with one attached hydrogen (secondary N) is 1. The van der Waals surface area contributed by atoms with Crippen molar-refractivity contribution in [2.24, 2.45) is 5.41 Å². The molecule has 2 atom stereocenters. The molecular weight excluding hydrogens is 252 g/mol. The second-order valence-corrected chi connectivity index (χ2v) is 7.42. The molecule has 1 heterocycles. The number of carbonyl (C=O) groups excluding carboxylic acids is 2. The summed E-state index contributed by atoms with van der Waals surface area (Å²) in [6, 6.07) is -0.492. The Morgan fingerprint density at radius 3 is 2.50 bits per heavy atom. The first-order valence-electron chi connectivity index (χ1n) is 6.19. The van der Waals surface area contributed by atoms with Crippen LogP contribution in [0, 0.1) is 5.41 Å². The van der Waals surface area contributed by atoms with Gasteiger partial charge in [-0.05, 0) is 5.41 Å². The third-order valence-corrected chi connectivity index (χ3v) is 4.26. The van der Waals surface area contributed by atoms with E-state index in [0.717, 1.165) is 0 Å². The molecule has 2 unspecified atom stereocenters. The zero-order valence-electron chi connectivity index (χ0n) is 11.5. The van der Waals surface area contributed by atoms with Crippen LogP contribution in [0.3, 0.4) is 0 Å². The van der Waals surface area contributed by atoms with E-state index in [9.17, 15) is 13.8 Å². The van der Waals surface area contributed by atoms with Crippen LogP contribution in [0.4, 0.5) is 0 Å². The van der Waals surface area contributed by atoms with Crippen molar-refractivity contribution < 1.29 is 13.8 Å². The van der Waals surface area contributed by atoms with E-state index in [2.05, 4.69) is 5.32 Å². The third-order valence-electron chi connectivity index (χ3n) is 2.98. The third kappa shape index (κ3) is 3.80. The second kappa shape index (κ2) is 5.82. The van der Waals surface area contributed by atoms with Gasteiger partial charge < -0.3 is 10.2 Å². The van der Waals surface area contributed by atoms with Gasteiger partial charge >= 0.3 is 0 Å². The van der Waals surface area contributed by atoms with Crippen LogP contribution in [0.1, 0.15) is 27.7 Å². The lowest BCUT2D eigenvalue weighted by Gasteiger charge is -2.38. The first-order chi connectivity index (χ1) is 8.25. The van der Waals surface area contributed by atoms with E-state index in [1.54, 1.807) is 0 Å². The van der Waals surface area contributed by atoms with E-state index in [1.807, 2.05) is 27.7 Å². The summed E-state index contributed by atoms with van der Waals surface area (Å²) < 4.78 is 11.4. The van der Waals surface area contributed by atoms with Gasteiger partial charge in [0.05, 0.1) is 6.54 Å². The largest absolute Gasteiger partial charge is 0.342 e. The number of carbonyl (C=O) groups is 2. The van der Waals surface area contributed by atoms with Crippen LogP contribution in [0.15, 0.2) is 0 Å². The maximum absolute atomic E-state index is 12.2. The summed E-state index contributed by atoms with van der Waals surface area (Å²) in [5, 5.41) is 2.73. The topological polar surface area (TPSA) is 66.5 Å². The fraction of sp³-hybridized carbons (Fsp3) is 0.833. The van der Waals surface area contributed by atoms with E-state index >= 15 is 0 Å². The molecule has 1 saturated heterocycles. The summed E-state index contributed by atoms with van der Waals surface area (Å²) in [7, 11) is -0.913. The Kier molecular flexibility index (Phi) is 4.90. The Labute approximate surface area is 111 Å². The minimum atomic E-state index is -0.913. The van der Waals surface area contributed by atoms with Gasteiger partial charge in [0.2, 0.25) is 11.8 Å². The lowest BCUT2D eigenvalue weighted by molar-refractivity contribution is -0.147. The lowest BCUT2D eigenvalue weighted by atomic mass is 9.85. The highest BCUT2D eigenvalue weighted by molar-refractivity contribution is 7.84. The molecule has 1 fully saturated rings. The van der Waals surface area contributed by atoms with Crippen molar-refractivity contribution in [2.75, 3.05) is 24.6 Å². The van der Waals surface area contributed by atoms with E-state index in [1.165, 1.54) is 4.90 Å². The molecule has 0 saturated carbocycles. The van der Waals surface area contributed by atoms with Gasteiger partial charge in [-0.15, -0.1) is 0 Å². The Morgan fingerprint density at radius 2 is 2.00 bits per heavy atom. The molecule has 2 amide bonds. The zero-order chi connectivity index (χ0) is 13.9. The average Bonchev–Trinajstić information content (AvgIpc) is 2.27. The predicted octanol–water partition coefficient (Wildman–Crippen LogP) is 0.128. The minimum absolute atomic E-state index is 0.0739. The number of rotatable bonds is 4. The second-order valence-electron chi connectivity index (χ2n) is 5.56. The van der Waals surface area contributed by atoms with Gasteiger partial charge in [-0.25, -0.2) is 0 Å². The quantitative estimate of drug-likeness (QED) is 0.792. The van der Waals surface area contributed by atoms with E-state index in [4.69, 9.17) is 0 Å². The smallest absolute Gasteiger partial charge is 0.246 e. The number of nitrogens with zero attached hydrogens (tertiary/aromatic N) is 1. The fourth-order valence-corrected chi connectivity index (χ4v) is 2.55. The van der Waals surface area contributed by atoms with Gasteiger partial charge in [-0.3, -0.25) is 13.8 Å². The SMILES string of the molecule is CCS(=O)CCN1CC(=O)NC(C(C)(C)C)C1=O. The van der Waals surface area contributed by atoms with Crippen molar-refractivity contribution in [3.8, 4) is 0 Å². The molecule has 6 heteroatoms. The summed E-state index contributed by atoms with van der Waals surface area (Å²) in [6.07, 6.45) is 0. The molecule has 1 aliphatic rings. The molecular formula is C12H22N2O3S. The summed E-state index contributed by atoms with van der Waals surface area (Å²) in [4.78, 5) is 25.4. The van der Waals surface area contributed by atoms with Crippen molar-refractivity contribution >= 4 is 22.6 Å². The molecule has 1 N–H and O–H groups in total. The summed E-state index contributed by atoms with van der Waals surface area (Å²) in [6.45, 7) is 8.07. The number of piperazine rings is 1. The molecule has 1 rings (SSSR count). The van der Waals surface area contributed by atoms with Crippen LogP contribution < -0.4 is 5.32 Å². The van der Waals surface area contributed by atoms with Gasteiger partial charge in [0.25, 0.3) is 0 Å². The maximum Gasteiger partial charge on any atom is 0.246 e. The van der Waals surface area contributed by atoms with Crippen molar-refractivity contribution in [3.63, 3.8) is 0 Å². The number of amides is 2. The van der Waals surface area contributed by atoms with Crippen LogP contribution >= 0.6 is 0 Å². The average molecular weight is 274 g/mol. The molecule has 5 nitrogen and oxygen atoms in total. The molecule has 1 aliphatic heterocycles. The molecule has 0 aromatic rings. The van der Waals surface area contributed by atoms with Crippen molar-refractivity contribution in [1.82, 2.24) is 10.2 Å². The van der Waals surface area contributed by atoms with E-state index in [0.29, 0.717) is 18.1 Å². The highest BCUT2D eigenvalue weighted by atomic mass is 32.2. The molecule has 18 heavy (non-hydrogen) atoms. The van der Waals surface area contributed by atoms with Crippen molar-refractivity contribution in [1.29, 1.82) is 0 Å². The molecule has 0 radical (unpaired) electrons. The zero-order valence-corrected chi connectivity index (χ0v) is 12.3. The van der Waals surface area contributed by atoms with Crippen LogP contribution in [0.2, 0.25) is 0 Å². The predicted molar refractivity (Wildman–Crippen MR) is 71.5 cm³/mol. The molecule has 104 valence electrons. The van der Waals surface area contributed by atoms with Gasteiger partial charge in [0.15, 0.2) is 0 Å². The van der Waals surface area contributed by atoms with Crippen LogP contribution in [-0.4, -0.2) is 51.6 Å². The molecule has 0 bridgehead atoms. The van der Waals surface area contributed by atoms with Crippen molar-refractivity contribution in [3.05, 3.63) is 0 Å². The van der Waals surface area contributed by atoms with Gasteiger partial charge in [0, 0.05) is 28.9 Å². The monoisotopic (exact) mass is 274 g/mol. The van der Waals surface area contributed by atoms with E-state index in [-0.39, 0.29) is 23.8 Å². The Morgan fingerprint density at radius 1 is 1.39 bits per heavy atom. The summed E-state index contributed by atoms with van der Waals surface area (Å²) in [5.74, 6) is 0.801. The molecule has 0 aliphatic carbocycles. The Bertz CT molecular complexity index is 363. The molecule has 0 aromatic carbocycles. The molecule has 0 aromatic heterocycles. The van der Waals surface area contributed by atoms with Gasteiger partial charge in [-0.1, -0.05) is 27.7 Å². The minimum Gasteiger partial charge on any atom is -0.342 e. The first kappa shape index (κ1) is 15.1. The van der Waals surface area contributed by atoms with Crippen molar-refractivity contribution in [2.45, 2.75) is 33.7 Å². The highest BCUT2D eigenvalue weighted by Gasteiger charge is 2.39.